The Morgan fingerprint density at radius 3 is 2.76 bits per heavy atom. The molecule has 0 atom stereocenters. The van der Waals surface area contributed by atoms with Crippen LogP contribution in [0.5, 0.6) is 0 Å². The predicted octanol–water partition coefficient (Wildman–Crippen LogP) is 2.33. The van der Waals surface area contributed by atoms with Crippen LogP contribution in [0.4, 0.5) is 0 Å². The molecule has 3 nitrogen and oxygen atoms in total. The number of benzene rings is 1. The molecule has 4 heteroatoms. The van der Waals surface area contributed by atoms with Gasteiger partial charge in [0.05, 0.1) is 0 Å². The van der Waals surface area contributed by atoms with Crippen molar-refractivity contribution in [2.75, 3.05) is 20.6 Å². The van der Waals surface area contributed by atoms with Crippen molar-refractivity contribution in [2.24, 2.45) is 0 Å². The second-order valence-corrected chi connectivity index (χ2v) is 5.26. The average Bonchev–Trinajstić information content (AvgIpc) is 2.27. The van der Waals surface area contributed by atoms with Crippen LogP contribution in [0.15, 0.2) is 39.7 Å². The van der Waals surface area contributed by atoms with Gasteiger partial charge in [0.2, 0.25) is 0 Å². The van der Waals surface area contributed by atoms with Gasteiger partial charge in [0.15, 0.2) is 0 Å². The maximum absolute atomic E-state index is 12.2. The quantitative estimate of drug-likeness (QED) is 0.868. The van der Waals surface area contributed by atoms with Crippen LogP contribution >= 0.6 is 15.9 Å². The zero-order valence-corrected chi connectivity index (χ0v) is 11.6. The second kappa shape index (κ2) is 5.02. The Morgan fingerprint density at radius 1 is 1.29 bits per heavy atom. The first-order chi connectivity index (χ1) is 8.08. The van der Waals surface area contributed by atoms with E-state index in [2.05, 4.69) is 20.8 Å². The molecule has 0 aliphatic carbocycles. The summed E-state index contributed by atoms with van der Waals surface area (Å²) in [6.07, 6.45) is 1.86. The minimum absolute atomic E-state index is 0.0804. The molecule has 0 radical (unpaired) electrons. The standard InChI is InChI=1S/C13H15BrN2O/c1-15(2)7-8-16-6-5-10-9-11(14)3-4-12(10)13(16)17/h3-6,9H,7-8H2,1-2H3. The summed E-state index contributed by atoms with van der Waals surface area (Å²) in [5.41, 5.74) is 0.0804. The van der Waals surface area contributed by atoms with E-state index >= 15 is 0 Å². The van der Waals surface area contributed by atoms with E-state index in [1.807, 2.05) is 44.6 Å². The lowest BCUT2D eigenvalue weighted by Gasteiger charge is -2.11. The second-order valence-electron chi connectivity index (χ2n) is 4.35. The van der Waals surface area contributed by atoms with Crippen molar-refractivity contribution in [3.05, 3.63) is 45.3 Å². The van der Waals surface area contributed by atoms with Crippen LogP contribution in [-0.4, -0.2) is 30.1 Å². The highest BCUT2D eigenvalue weighted by molar-refractivity contribution is 9.10. The number of hydrogen-bond acceptors (Lipinski definition) is 2. The number of hydrogen-bond donors (Lipinski definition) is 0. The maximum Gasteiger partial charge on any atom is 0.258 e. The third kappa shape index (κ3) is 2.76. The number of pyridine rings is 1. The van der Waals surface area contributed by atoms with E-state index in [1.165, 1.54) is 0 Å². The van der Waals surface area contributed by atoms with Gasteiger partial charge >= 0.3 is 0 Å². The summed E-state index contributed by atoms with van der Waals surface area (Å²) >= 11 is 3.41. The molecule has 0 amide bonds. The fraction of sp³-hybridized carbons (Fsp3) is 0.308. The van der Waals surface area contributed by atoms with Gasteiger partial charge in [0.25, 0.3) is 5.56 Å². The molecule has 1 heterocycles. The van der Waals surface area contributed by atoms with Gasteiger partial charge in [-0.1, -0.05) is 15.9 Å². The number of rotatable bonds is 3. The van der Waals surface area contributed by atoms with Crippen molar-refractivity contribution in [1.82, 2.24) is 9.47 Å². The van der Waals surface area contributed by atoms with Crippen LogP contribution in [0.1, 0.15) is 0 Å². The van der Waals surface area contributed by atoms with Gasteiger partial charge in [-0.15, -0.1) is 0 Å². The van der Waals surface area contributed by atoms with Crippen molar-refractivity contribution in [1.29, 1.82) is 0 Å². The first-order valence-corrected chi connectivity index (χ1v) is 6.30. The summed E-state index contributed by atoms with van der Waals surface area (Å²) < 4.78 is 2.76. The number of likely N-dealkylation sites (N-methyl/N-ethyl adjacent to an activating group) is 1. The van der Waals surface area contributed by atoms with Gasteiger partial charge in [-0.25, -0.2) is 0 Å². The van der Waals surface area contributed by atoms with E-state index in [1.54, 1.807) is 4.57 Å². The minimum Gasteiger partial charge on any atom is -0.314 e. The van der Waals surface area contributed by atoms with E-state index in [9.17, 15) is 4.79 Å². The van der Waals surface area contributed by atoms with Gasteiger partial charge in [-0.3, -0.25) is 4.79 Å². The van der Waals surface area contributed by atoms with Gasteiger partial charge in [0, 0.05) is 29.1 Å². The fourth-order valence-corrected chi connectivity index (χ4v) is 2.12. The van der Waals surface area contributed by atoms with Gasteiger partial charge in [-0.05, 0) is 43.7 Å². The summed E-state index contributed by atoms with van der Waals surface area (Å²) in [4.78, 5) is 14.2. The molecule has 1 aromatic heterocycles. The van der Waals surface area contributed by atoms with Gasteiger partial charge < -0.3 is 9.47 Å². The molecule has 0 fully saturated rings. The lowest BCUT2D eigenvalue weighted by atomic mass is 10.2. The van der Waals surface area contributed by atoms with E-state index in [0.717, 1.165) is 28.3 Å². The molecule has 2 rings (SSSR count). The van der Waals surface area contributed by atoms with Crippen molar-refractivity contribution >= 4 is 26.7 Å². The maximum atomic E-state index is 12.2. The van der Waals surface area contributed by atoms with Crippen LogP contribution in [0.25, 0.3) is 10.8 Å². The van der Waals surface area contributed by atoms with E-state index in [4.69, 9.17) is 0 Å². The molecule has 0 N–H and O–H groups in total. The number of fused-ring (bicyclic) bond motifs is 1. The molecule has 0 aliphatic rings. The van der Waals surface area contributed by atoms with Crippen LogP contribution in [0.3, 0.4) is 0 Å². The predicted molar refractivity (Wildman–Crippen MR) is 74.5 cm³/mol. The molecule has 90 valence electrons. The molecule has 0 saturated carbocycles. The molecule has 0 spiro atoms. The smallest absolute Gasteiger partial charge is 0.258 e. The highest BCUT2D eigenvalue weighted by Gasteiger charge is 2.03. The van der Waals surface area contributed by atoms with Gasteiger partial charge in [-0.2, -0.15) is 0 Å². The lowest BCUT2D eigenvalue weighted by Crippen LogP contribution is -2.26. The van der Waals surface area contributed by atoms with E-state index in [0.29, 0.717) is 0 Å². The topological polar surface area (TPSA) is 25.2 Å². The summed E-state index contributed by atoms with van der Waals surface area (Å²) in [6.45, 7) is 1.58. The fourth-order valence-electron chi connectivity index (χ4n) is 1.74. The third-order valence-electron chi connectivity index (χ3n) is 2.73. The summed E-state index contributed by atoms with van der Waals surface area (Å²) in [5, 5.41) is 1.75. The summed E-state index contributed by atoms with van der Waals surface area (Å²) in [6, 6.07) is 7.72. The molecular formula is C13H15BrN2O. The number of aromatic nitrogens is 1. The molecule has 2 aromatic rings. The lowest BCUT2D eigenvalue weighted by molar-refractivity contribution is 0.381. The molecule has 17 heavy (non-hydrogen) atoms. The zero-order valence-electron chi connectivity index (χ0n) is 9.98. The zero-order chi connectivity index (χ0) is 12.4. The minimum atomic E-state index is 0.0804. The number of nitrogens with zero attached hydrogens (tertiary/aromatic N) is 2. The Balaban J connectivity index is 2.44. The largest absolute Gasteiger partial charge is 0.314 e. The highest BCUT2D eigenvalue weighted by Crippen LogP contribution is 2.16. The summed E-state index contributed by atoms with van der Waals surface area (Å²) in [7, 11) is 4.01. The van der Waals surface area contributed by atoms with Crippen LogP contribution in [-0.2, 0) is 6.54 Å². The highest BCUT2D eigenvalue weighted by atomic mass is 79.9. The van der Waals surface area contributed by atoms with E-state index < -0.39 is 0 Å². The normalized spacial score (nSPS) is 11.3. The Labute approximate surface area is 109 Å². The van der Waals surface area contributed by atoms with Gasteiger partial charge in [0.1, 0.15) is 0 Å². The Bertz CT molecular complexity index is 589. The Morgan fingerprint density at radius 2 is 2.06 bits per heavy atom. The molecule has 0 saturated heterocycles. The average molecular weight is 295 g/mol. The molecule has 0 aliphatic heterocycles. The van der Waals surface area contributed by atoms with Crippen LogP contribution < -0.4 is 5.56 Å². The monoisotopic (exact) mass is 294 g/mol. The van der Waals surface area contributed by atoms with E-state index in [-0.39, 0.29) is 5.56 Å². The first-order valence-electron chi connectivity index (χ1n) is 5.51. The van der Waals surface area contributed by atoms with Crippen LogP contribution in [0, 0.1) is 0 Å². The van der Waals surface area contributed by atoms with Crippen molar-refractivity contribution in [2.45, 2.75) is 6.54 Å². The SMILES string of the molecule is CN(C)CCn1ccc2cc(Br)ccc2c1=O. The molecule has 0 bridgehead atoms. The Kier molecular flexibility index (Phi) is 3.64. The third-order valence-corrected chi connectivity index (χ3v) is 3.22. The molecule has 0 unspecified atom stereocenters. The summed E-state index contributed by atoms with van der Waals surface area (Å²) in [5.74, 6) is 0. The number of halogens is 1. The Hall–Kier alpha value is -1.13. The molecule has 1 aromatic carbocycles. The van der Waals surface area contributed by atoms with Crippen molar-refractivity contribution in [3.63, 3.8) is 0 Å². The van der Waals surface area contributed by atoms with Crippen molar-refractivity contribution < 1.29 is 0 Å². The van der Waals surface area contributed by atoms with Crippen LogP contribution in [0.2, 0.25) is 0 Å². The van der Waals surface area contributed by atoms with Crippen molar-refractivity contribution in [3.8, 4) is 0 Å². The first kappa shape index (κ1) is 12.3. The molecular weight excluding hydrogens is 280 g/mol.